The fourth-order valence-electron chi connectivity index (χ4n) is 0.717. The van der Waals surface area contributed by atoms with Gasteiger partial charge in [0.05, 0.1) is 0 Å². The highest BCUT2D eigenvalue weighted by atomic mass is 16.1. The first-order valence-electron chi connectivity index (χ1n) is 4.30. The van der Waals surface area contributed by atoms with Crippen LogP contribution >= 0.6 is 0 Å². The van der Waals surface area contributed by atoms with Crippen molar-refractivity contribution >= 4 is 5.78 Å². The first-order valence-corrected chi connectivity index (χ1v) is 4.30. The molecule has 1 nitrogen and oxygen atoms in total. The van der Waals surface area contributed by atoms with E-state index in [1.165, 1.54) is 0 Å². The summed E-state index contributed by atoms with van der Waals surface area (Å²) in [6.45, 7) is 10.0. The summed E-state index contributed by atoms with van der Waals surface area (Å²) in [5.74, 6) is 0.556. The molecular formula is C11H18O. The molecule has 0 spiro atoms. The minimum Gasteiger partial charge on any atom is -0.290 e. The maximum absolute atomic E-state index is 11.2. The van der Waals surface area contributed by atoms with Crippen molar-refractivity contribution < 1.29 is 4.79 Å². The maximum Gasteiger partial charge on any atom is 0.178 e. The Kier molecular flexibility index (Phi) is 4.57. The van der Waals surface area contributed by atoms with Crippen LogP contribution in [0, 0.1) is 5.92 Å². The first kappa shape index (κ1) is 11.2. The van der Waals surface area contributed by atoms with Crippen LogP contribution in [-0.2, 0) is 4.79 Å². The molecule has 0 N–H and O–H groups in total. The Morgan fingerprint density at radius 1 is 1.08 bits per heavy atom. The first-order chi connectivity index (χ1) is 5.43. The van der Waals surface area contributed by atoms with Gasteiger partial charge in [0.1, 0.15) is 0 Å². The van der Waals surface area contributed by atoms with E-state index in [2.05, 4.69) is 13.8 Å². The third kappa shape index (κ3) is 4.89. The van der Waals surface area contributed by atoms with Crippen LogP contribution in [0.2, 0.25) is 0 Å². The Morgan fingerprint density at radius 3 is 1.92 bits per heavy atom. The van der Waals surface area contributed by atoms with Crippen molar-refractivity contribution in [2.45, 2.75) is 34.6 Å². The van der Waals surface area contributed by atoms with E-state index >= 15 is 0 Å². The Bertz CT molecular complexity index is 215. The van der Waals surface area contributed by atoms with E-state index in [0.29, 0.717) is 5.92 Å². The third-order valence-corrected chi connectivity index (χ3v) is 1.71. The molecule has 0 fully saturated rings. The quantitative estimate of drug-likeness (QED) is 0.589. The molecule has 0 saturated heterocycles. The van der Waals surface area contributed by atoms with Crippen LogP contribution in [0.25, 0.3) is 0 Å². The normalized spacial score (nSPS) is 11.7. The molecule has 0 atom stereocenters. The molecule has 0 aliphatic carbocycles. The smallest absolute Gasteiger partial charge is 0.178 e. The number of rotatable bonds is 3. The largest absolute Gasteiger partial charge is 0.290 e. The molecule has 12 heavy (non-hydrogen) atoms. The Morgan fingerprint density at radius 2 is 1.58 bits per heavy atom. The van der Waals surface area contributed by atoms with Crippen molar-refractivity contribution in [3.63, 3.8) is 0 Å². The predicted molar refractivity (Wildman–Crippen MR) is 53.0 cm³/mol. The van der Waals surface area contributed by atoms with Crippen molar-refractivity contribution in [3.05, 3.63) is 23.3 Å². The van der Waals surface area contributed by atoms with Crippen molar-refractivity contribution in [3.8, 4) is 0 Å². The van der Waals surface area contributed by atoms with Crippen molar-refractivity contribution in [2.24, 2.45) is 5.92 Å². The minimum atomic E-state index is 0.0983. The van der Waals surface area contributed by atoms with Crippen LogP contribution in [0.5, 0.6) is 0 Å². The summed E-state index contributed by atoms with van der Waals surface area (Å²) >= 11 is 0. The fraction of sp³-hybridized carbons (Fsp3) is 0.545. The number of carbonyl (C=O) groups is 1. The van der Waals surface area contributed by atoms with Gasteiger partial charge in [-0.15, -0.1) is 0 Å². The highest BCUT2D eigenvalue weighted by Crippen LogP contribution is 2.07. The van der Waals surface area contributed by atoms with E-state index in [-0.39, 0.29) is 5.78 Å². The van der Waals surface area contributed by atoms with Crippen LogP contribution in [-0.4, -0.2) is 5.78 Å². The van der Waals surface area contributed by atoms with Crippen molar-refractivity contribution in [1.82, 2.24) is 0 Å². The fourth-order valence-corrected chi connectivity index (χ4v) is 0.717. The number of hydrogen-bond donors (Lipinski definition) is 0. The molecule has 0 heterocycles. The second kappa shape index (κ2) is 4.91. The average molecular weight is 166 g/mol. The van der Waals surface area contributed by atoms with E-state index in [9.17, 15) is 4.79 Å². The highest BCUT2D eigenvalue weighted by Gasteiger charge is 1.98. The molecule has 68 valence electrons. The average Bonchev–Trinajstić information content (AvgIpc) is 1.84. The SMILES string of the molecule is CC(C)=CC(=O)/C=C(/C)C(C)C. The standard InChI is InChI=1S/C11H18O/c1-8(2)6-11(12)7-10(5)9(3)4/h6-7,9H,1-5H3/b10-7-. The van der Waals surface area contributed by atoms with E-state index in [1.54, 1.807) is 12.2 Å². The van der Waals surface area contributed by atoms with Gasteiger partial charge in [-0.25, -0.2) is 0 Å². The molecule has 1 heteroatoms. The number of carbonyl (C=O) groups excluding carboxylic acids is 1. The molecule has 0 amide bonds. The van der Waals surface area contributed by atoms with Gasteiger partial charge in [-0.05, 0) is 38.8 Å². The van der Waals surface area contributed by atoms with Gasteiger partial charge >= 0.3 is 0 Å². The van der Waals surface area contributed by atoms with Crippen molar-refractivity contribution in [1.29, 1.82) is 0 Å². The van der Waals surface area contributed by atoms with E-state index in [4.69, 9.17) is 0 Å². The zero-order chi connectivity index (χ0) is 9.72. The summed E-state index contributed by atoms with van der Waals surface area (Å²) in [5, 5.41) is 0. The Labute approximate surface area is 75.2 Å². The van der Waals surface area contributed by atoms with Gasteiger partial charge in [-0.1, -0.05) is 25.0 Å². The molecule has 0 aromatic heterocycles. The van der Waals surface area contributed by atoms with Crippen LogP contribution in [0.4, 0.5) is 0 Å². The van der Waals surface area contributed by atoms with Gasteiger partial charge in [-0.2, -0.15) is 0 Å². The zero-order valence-corrected chi connectivity index (χ0v) is 8.64. The van der Waals surface area contributed by atoms with Crippen molar-refractivity contribution in [2.75, 3.05) is 0 Å². The van der Waals surface area contributed by atoms with Gasteiger partial charge in [0.2, 0.25) is 0 Å². The summed E-state index contributed by atoms with van der Waals surface area (Å²) in [7, 11) is 0. The van der Waals surface area contributed by atoms with Gasteiger partial charge in [0.15, 0.2) is 5.78 Å². The van der Waals surface area contributed by atoms with Gasteiger partial charge in [0.25, 0.3) is 0 Å². The number of allylic oxidation sites excluding steroid dienone is 4. The highest BCUT2D eigenvalue weighted by molar-refractivity contribution is 6.00. The monoisotopic (exact) mass is 166 g/mol. The molecule has 0 aliphatic heterocycles. The van der Waals surface area contributed by atoms with Gasteiger partial charge in [-0.3, -0.25) is 4.79 Å². The molecule has 0 aliphatic rings. The van der Waals surface area contributed by atoms with E-state index in [0.717, 1.165) is 11.1 Å². The number of ketones is 1. The van der Waals surface area contributed by atoms with E-state index < -0.39 is 0 Å². The van der Waals surface area contributed by atoms with Crippen LogP contribution in [0.1, 0.15) is 34.6 Å². The number of hydrogen-bond acceptors (Lipinski definition) is 1. The summed E-state index contributed by atoms with van der Waals surface area (Å²) in [4.78, 5) is 11.2. The summed E-state index contributed by atoms with van der Waals surface area (Å²) in [6.07, 6.45) is 3.36. The summed E-state index contributed by atoms with van der Waals surface area (Å²) in [5.41, 5.74) is 2.19. The summed E-state index contributed by atoms with van der Waals surface area (Å²) in [6, 6.07) is 0. The zero-order valence-electron chi connectivity index (χ0n) is 8.64. The molecule has 0 unspecified atom stereocenters. The molecule has 0 saturated carbocycles. The lowest BCUT2D eigenvalue weighted by Gasteiger charge is -2.02. The van der Waals surface area contributed by atoms with Gasteiger partial charge in [0, 0.05) is 0 Å². The lowest BCUT2D eigenvalue weighted by molar-refractivity contribution is -0.110. The summed E-state index contributed by atoms with van der Waals surface area (Å²) < 4.78 is 0. The molecule has 0 aromatic carbocycles. The lowest BCUT2D eigenvalue weighted by Crippen LogP contribution is -1.94. The minimum absolute atomic E-state index is 0.0983. The van der Waals surface area contributed by atoms with Crippen LogP contribution in [0.3, 0.4) is 0 Å². The third-order valence-electron chi connectivity index (χ3n) is 1.71. The Hall–Kier alpha value is -0.850. The predicted octanol–water partition coefficient (Wildman–Crippen LogP) is 3.12. The van der Waals surface area contributed by atoms with Crippen LogP contribution < -0.4 is 0 Å². The molecule has 0 radical (unpaired) electrons. The van der Waals surface area contributed by atoms with Gasteiger partial charge < -0.3 is 0 Å². The second-order valence-electron chi connectivity index (χ2n) is 3.67. The molecule has 0 aromatic rings. The maximum atomic E-state index is 11.2. The Balaban J connectivity index is 4.35. The molecule has 0 rings (SSSR count). The second-order valence-corrected chi connectivity index (χ2v) is 3.67. The van der Waals surface area contributed by atoms with Crippen LogP contribution in [0.15, 0.2) is 23.3 Å². The topological polar surface area (TPSA) is 17.1 Å². The molecular weight excluding hydrogens is 148 g/mol. The lowest BCUT2D eigenvalue weighted by atomic mass is 10.0. The molecule has 0 bridgehead atoms. The van der Waals surface area contributed by atoms with E-state index in [1.807, 2.05) is 20.8 Å².